The van der Waals surface area contributed by atoms with Crippen LogP contribution in [0.15, 0.2) is 71.5 Å². The van der Waals surface area contributed by atoms with E-state index in [1.807, 2.05) is 53.1 Å². The van der Waals surface area contributed by atoms with Crippen LogP contribution in [0.2, 0.25) is 10.2 Å². The maximum atomic E-state index is 13.3. The summed E-state index contributed by atoms with van der Waals surface area (Å²) in [5.74, 6) is -0.348. The summed E-state index contributed by atoms with van der Waals surface area (Å²) in [6, 6.07) is 16.6. The van der Waals surface area contributed by atoms with Crippen LogP contribution in [0.25, 0.3) is 22.3 Å². The van der Waals surface area contributed by atoms with Crippen LogP contribution >= 0.6 is 23.2 Å². The average molecular weight is 450 g/mol. The number of fused-ring (bicyclic) bond motifs is 1. The number of halogens is 2. The van der Waals surface area contributed by atoms with Gasteiger partial charge in [-0.3, -0.25) is 4.79 Å². The van der Waals surface area contributed by atoms with E-state index >= 15 is 0 Å². The fourth-order valence-corrected chi connectivity index (χ4v) is 3.84. The minimum atomic E-state index is -0.447. The summed E-state index contributed by atoms with van der Waals surface area (Å²) in [4.78, 5) is 17.5. The maximum Gasteiger partial charge on any atom is 0.299 e. The Morgan fingerprint density at radius 2 is 1.81 bits per heavy atom. The van der Waals surface area contributed by atoms with E-state index in [-0.39, 0.29) is 11.7 Å². The predicted octanol–water partition coefficient (Wildman–Crippen LogP) is 5.07. The molecular formula is C22H13Cl2N5O2. The van der Waals surface area contributed by atoms with Gasteiger partial charge >= 0.3 is 0 Å². The SMILES string of the molecule is O=C(c1nc(-c2ccnnc2)no1)c1c(Cl)n(Cc2ccc(Cl)cc2)c2ccccc12. The molecule has 0 saturated heterocycles. The van der Waals surface area contributed by atoms with Gasteiger partial charge in [0.2, 0.25) is 5.82 Å². The van der Waals surface area contributed by atoms with Gasteiger partial charge in [0.15, 0.2) is 0 Å². The highest BCUT2D eigenvalue weighted by Gasteiger charge is 2.27. The third-order valence-corrected chi connectivity index (χ3v) is 5.50. The Kier molecular flexibility index (Phi) is 4.97. The molecule has 3 aromatic heterocycles. The van der Waals surface area contributed by atoms with Gasteiger partial charge < -0.3 is 9.09 Å². The van der Waals surface area contributed by atoms with E-state index in [0.717, 1.165) is 11.1 Å². The van der Waals surface area contributed by atoms with Gasteiger partial charge in [0.25, 0.3) is 11.7 Å². The van der Waals surface area contributed by atoms with Crippen LogP contribution in [-0.2, 0) is 6.54 Å². The summed E-state index contributed by atoms with van der Waals surface area (Å²) in [6.45, 7) is 0.474. The van der Waals surface area contributed by atoms with Crippen molar-refractivity contribution in [1.29, 1.82) is 0 Å². The fraction of sp³-hybridized carbons (Fsp3) is 0.0455. The smallest absolute Gasteiger partial charge is 0.299 e. The van der Waals surface area contributed by atoms with Gasteiger partial charge in [-0.2, -0.15) is 15.2 Å². The number of para-hydroxylation sites is 1. The second-order valence-corrected chi connectivity index (χ2v) is 7.57. The predicted molar refractivity (Wildman–Crippen MR) is 116 cm³/mol. The monoisotopic (exact) mass is 449 g/mol. The number of nitrogens with zero attached hydrogens (tertiary/aromatic N) is 5. The molecule has 0 aliphatic rings. The lowest BCUT2D eigenvalue weighted by Crippen LogP contribution is -2.04. The lowest BCUT2D eigenvalue weighted by Gasteiger charge is -2.07. The summed E-state index contributed by atoms with van der Waals surface area (Å²) in [5, 5.41) is 13.0. The second-order valence-electron chi connectivity index (χ2n) is 6.78. The Hall–Kier alpha value is -3.55. The number of hydrogen-bond donors (Lipinski definition) is 0. The minimum Gasteiger partial charge on any atom is -0.330 e. The highest BCUT2D eigenvalue weighted by atomic mass is 35.5. The molecule has 0 spiro atoms. The molecule has 0 saturated carbocycles. The first-order chi connectivity index (χ1) is 15.1. The lowest BCUT2D eigenvalue weighted by molar-refractivity contribution is 0.0995. The molecule has 5 rings (SSSR count). The Balaban J connectivity index is 1.57. The highest BCUT2D eigenvalue weighted by Crippen LogP contribution is 2.33. The molecule has 0 N–H and O–H groups in total. The zero-order valence-electron chi connectivity index (χ0n) is 15.9. The average Bonchev–Trinajstić information content (AvgIpc) is 3.40. The Morgan fingerprint density at radius 1 is 1.00 bits per heavy atom. The number of aromatic nitrogens is 5. The first kappa shape index (κ1) is 19.4. The number of rotatable bonds is 5. The van der Waals surface area contributed by atoms with Crippen molar-refractivity contribution in [2.24, 2.45) is 0 Å². The summed E-state index contributed by atoms with van der Waals surface area (Å²) in [5.41, 5.74) is 2.73. The summed E-state index contributed by atoms with van der Waals surface area (Å²) >= 11 is 12.7. The van der Waals surface area contributed by atoms with E-state index in [4.69, 9.17) is 27.7 Å². The van der Waals surface area contributed by atoms with Crippen molar-refractivity contribution in [3.05, 3.63) is 94.2 Å². The minimum absolute atomic E-state index is 0.150. The molecule has 0 unspecified atom stereocenters. The van der Waals surface area contributed by atoms with Gasteiger partial charge in [-0.25, -0.2) is 0 Å². The molecule has 31 heavy (non-hydrogen) atoms. The molecule has 5 aromatic rings. The number of hydrogen-bond acceptors (Lipinski definition) is 6. The summed E-state index contributed by atoms with van der Waals surface area (Å²) in [7, 11) is 0. The third kappa shape index (κ3) is 3.58. The van der Waals surface area contributed by atoms with E-state index in [0.29, 0.717) is 33.2 Å². The first-order valence-electron chi connectivity index (χ1n) is 9.28. The largest absolute Gasteiger partial charge is 0.330 e. The van der Waals surface area contributed by atoms with Crippen LogP contribution in [0, 0.1) is 0 Å². The zero-order chi connectivity index (χ0) is 21.4. The highest BCUT2D eigenvalue weighted by molar-refractivity contribution is 6.36. The van der Waals surface area contributed by atoms with Crippen molar-refractivity contribution >= 4 is 39.9 Å². The summed E-state index contributed by atoms with van der Waals surface area (Å²) in [6.07, 6.45) is 3.00. The topological polar surface area (TPSA) is 86.7 Å². The van der Waals surface area contributed by atoms with Gasteiger partial charge in [-0.15, -0.1) is 0 Å². The van der Waals surface area contributed by atoms with E-state index in [1.165, 1.54) is 12.4 Å². The number of benzene rings is 2. The van der Waals surface area contributed by atoms with Crippen molar-refractivity contribution in [2.75, 3.05) is 0 Å². The van der Waals surface area contributed by atoms with Gasteiger partial charge in [0, 0.05) is 22.5 Å². The number of carbonyl (C=O) groups is 1. The van der Waals surface area contributed by atoms with Gasteiger partial charge in [0.05, 0.1) is 23.5 Å². The van der Waals surface area contributed by atoms with Crippen molar-refractivity contribution in [1.82, 2.24) is 24.9 Å². The van der Waals surface area contributed by atoms with Crippen LogP contribution in [-0.4, -0.2) is 30.7 Å². The van der Waals surface area contributed by atoms with Gasteiger partial charge in [0.1, 0.15) is 5.15 Å². The fourth-order valence-electron chi connectivity index (χ4n) is 3.38. The lowest BCUT2D eigenvalue weighted by atomic mass is 10.1. The molecule has 9 heteroatoms. The Labute approximate surface area is 186 Å². The quantitative estimate of drug-likeness (QED) is 0.348. The van der Waals surface area contributed by atoms with E-state index < -0.39 is 5.78 Å². The Morgan fingerprint density at radius 3 is 2.58 bits per heavy atom. The third-order valence-electron chi connectivity index (χ3n) is 4.85. The summed E-state index contributed by atoms with van der Waals surface area (Å²) < 4.78 is 7.11. The van der Waals surface area contributed by atoms with Crippen molar-refractivity contribution < 1.29 is 9.32 Å². The van der Waals surface area contributed by atoms with E-state index in [1.54, 1.807) is 6.07 Å². The Bertz CT molecular complexity index is 1390. The molecule has 152 valence electrons. The van der Waals surface area contributed by atoms with Crippen LogP contribution in [0.4, 0.5) is 0 Å². The van der Waals surface area contributed by atoms with Crippen molar-refractivity contribution in [3.8, 4) is 11.4 Å². The molecule has 7 nitrogen and oxygen atoms in total. The molecular weight excluding hydrogens is 437 g/mol. The standard InChI is InChI=1S/C22H13Cl2N5O2/c23-15-7-5-13(6-8-15)12-29-17-4-2-1-3-16(17)18(20(29)24)19(30)22-27-21(28-31-22)14-9-10-25-26-11-14/h1-11H,12H2. The van der Waals surface area contributed by atoms with Crippen LogP contribution in [0.5, 0.6) is 0 Å². The molecule has 0 radical (unpaired) electrons. The van der Waals surface area contributed by atoms with Crippen molar-refractivity contribution in [3.63, 3.8) is 0 Å². The maximum absolute atomic E-state index is 13.3. The molecule has 0 atom stereocenters. The molecule has 2 aromatic carbocycles. The second kappa shape index (κ2) is 7.94. The zero-order valence-corrected chi connectivity index (χ0v) is 17.4. The number of ketones is 1. The first-order valence-corrected chi connectivity index (χ1v) is 10.0. The van der Waals surface area contributed by atoms with Crippen molar-refractivity contribution in [2.45, 2.75) is 6.54 Å². The normalized spacial score (nSPS) is 11.2. The molecule has 0 aliphatic carbocycles. The molecule has 0 amide bonds. The number of carbonyl (C=O) groups excluding carboxylic acids is 1. The van der Waals surface area contributed by atoms with Crippen LogP contribution in [0.3, 0.4) is 0 Å². The van der Waals surface area contributed by atoms with Crippen LogP contribution < -0.4 is 0 Å². The van der Waals surface area contributed by atoms with Crippen LogP contribution in [0.1, 0.15) is 21.8 Å². The van der Waals surface area contributed by atoms with Gasteiger partial charge in [-0.05, 0) is 29.8 Å². The molecule has 0 aliphatic heterocycles. The molecule has 0 bridgehead atoms. The molecule has 0 fully saturated rings. The molecule has 3 heterocycles. The van der Waals surface area contributed by atoms with Gasteiger partial charge in [-0.1, -0.05) is 58.7 Å². The van der Waals surface area contributed by atoms with E-state index in [9.17, 15) is 4.79 Å². The van der Waals surface area contributed by atoms with E-state index in [2.05, 4.69) is 20.3 Å².